The Hall–Kier alpha value is -0.360. The van der Waals surface area contributed by atoms with Crippen LogP contribution in [0.15, 0.2) is 0 Å². The largest absolute Gasteiger partial charge is 0.393 e. The molecule has 0 aliphatic carbocycles. The summed E-state index contributed by atoms with van der Waals surface area (Å²) in [7, 11) is 0. The first-order valence-electron chi connectivity index (χ1n) is 5.09. The molecule has 0 aromatic heterocycles. The molecule has 0 saturated carbocycles. The van der Waals surface area contributed by atoms with Crippen molar-refractivity contribution in [1.82, 2.24) is 0 Å². The van der Waals surface area contributed by atoms with Crippen LogP contribution in [0.3, 0.4) is 0 Å². The van der Waals surface area contributed by atoms with Crippen LogP contribution in [0.5, 0.6) is 0 Å². The van der Waals surface area contributed by atoms with Crippen LogP contribution in [0.2, 0.25) is 0 Å². The Bertz CT molecular complexity index is 229. The third kappa shape index (κ3) is 7.87. The Balaban J connectivity index is 3.52. The topological polar surface area (TPSA) is 35.2 Å². The van der Waals surface area contributed by atoms with E-state index in [1.54, 1.807) is 0 Å². The Morgan fingerprint density at radius 1 is 1.19 bits per heavy atom. The standard InChI is InChI=1S/C10H18F3NOS/c1-9(2,8(14)16)4-3-6-15-7-5-10(11,12)13/h3-7H2,1-2H3,(H2,14,16). The van der Waals surface area contributed by atoms with Gasteiger partial charge in [0.2, 0.25) is 0 Å². The highest BCUT2D eigenvalue weighted by molar-refractivity contribution is 7.80. The molecule has 6 heteroatoms. The lowest BCUT2D eigenvalue weighted by Gasteiger charge is -2.22. The SMILES string of the molecule is CC(C)(CCCOCCC(F)(F)F)C(N)=S. The maximum atomic E-state index is 11.7. The van der Waals surface area contributed by atoms with Crippen molar-refractivity contribution in [3.63, 3.8) is 0 Å². The molecule has 0 radical (unpaired) electrons. The predicted molar refractivity (Wildman–Crippen MR) is 61.3 cm³/mol. The van der Waals surface area contributed by atoms with E-state index in [0.717, 1.165) is 0 Å². The third-order valence-electron chi connectivity index (χ3n) is 2.29. The lowest BCUT2D eigenvalue weighted by atomic mass is 9.88. The van der Waals surface area contributed by atoms with Crippen LogP contribution in [0.4, 0.5) is 13.2 Å². The van der Waals surface area contributed by atoms with Crippen molar-refractivity contribution >= 4 is 17.2 Å². The molecule has 0 bridgehead atoms. The zero-order valence-electron chi connectivity index (χ0n) is 9.56. The summed E-state index contributed by atoms with van der Waals surface area (Å²) in [5, 5.41) is 0. The van der Waals surface area contributed by atoms with Crippen LogP contribution >= 0.6 is 12.2 Å². The Labute approximate surface area is 99.3 Å². The second-order valence-electron chi connectivity index (χ2n) is 4.33. The van der Waals surface area contributed by atoms with Gasteiger partial charge < -0.3 is 10.5 Å². The van der Waals surface area contributed by atoms with E-state index in [-0.39, 0.29) is 12.0 Å². The van der Waals surface area contributed by atoms with Crippen LogP contribution in [0.25, 0.3) is 0 Å². The molecule has 0 aromatic carbocycles. The van der Waals surface area contributed by atoms with Crippen molar-refractivity contribution in [2.75, 3.05) is 13.2 Å². The number of hydrogen-bond acceptors (Lipinski definition) is 2. The summed E-state index contributed by atoms with van der Waals surface area (Å²) in [6, 6.07) is 0. The molecule has 0 aliphatic rings. The number of rotatable bonds is 7. The summed E-state index contributed by atoms with van der Waals surface area (Å²) in [4.78, 5) is 0.419. The lowest BCUT2D eigenvalue weighted by molar-refractivity contribution is -0.145. The molecule has 0 aliphatic heterocycles. The highest BCUT2D eigenvalue weighted by Gasteiger charge is 2.26. The number of alkyl halides is 3. The van der Waals surface area contributed by atoms with E-state index < -0.39 is 12.6 Å². The maximum Gasteiger partial charge on any atom is 0.391 e. The molecule has 0 fully saturated rings. The van der Waals surface area contributed by atoms with E-state index >= 15 is 0 Å². The van der Waals surface area contributed by atoms with E-state index in [9.17, 15) is 13.2 Å². The number of hydrogen-bond donors (Lipinski definition) is 1. The molecule has 16 heavy (non-hydrogen) atoms. The summed E-state index contributed by atoms with van der Waals surface area (Å²) in [5.74, 6) is 0. The van der Waals surface area contributed by atoms with Crippen molar-refractivity contribution < 1.29 is 17.9 Å². The van der Waals surface area contributed by atoms with Crippen molar-refractivity contribution in [2.45, 2.75) is 39.3 Å². The summed E-state index contributed by atoms with van der Waals surface area (Å²) in [6.45, 7) is 3.84. The molecule has 0 spiro atoms. The summed E-state index contributed by atoms with van der Waals surface area (Å²) in [5.41, 5.74) is 5.25. The van der Waals surface area contributed by atoms with E-state index in [0.29, 0.717) is 24.4 Å². The second kappa shape index (κ2) is 6.39. The lowest BCUT2D eigenvalue weighted by Crippen LogP contribution is -2.29. The first kappa shape index (κ1) is 15.6. The van der Waals surface area contributed by atoms with Gasteiger partial charge in [-0.15, -0.1) is 0 Å². The first-order valence-corrected chi connectivity index (χ1v) is 5.50. The minimum atomic E-state index is -4.14. The number of thiocarbonyl (C=S) groups is 1. The van der Waals surface area contributed by atoms with E-state index in [2.05, 4.69) is 0 Å². The molecular weight excluding hydrogens is 239 g/mol. The third-order valence-corrected chi connectivity index (χ3v) is 2.84. The fourth-order valence-electron chi connectivity index (χ4n) is 1.03. The Morgan fingerprint density at radius 2 is 1.75 bits per heavy atom. The van der Waals surface area contributed by atoms with Crippen LogP contribution < -0.4 is 5.73 Å². The monoisotopic (exact) mass is 257 g/mol. The summed E-state index contributed by atoms with van der Waals surface area (Å²) >= 11 is 4.87. The summed E-state index contributed by atoms with van der Waals surface area (Å²) < 4.78 is 40.1. The first-order chi connectivity index (χ1) is 7.15. The zero-order valence-corrected chi connectivity index (χ0v) is 10.4. The molecule has 2 N–H and O–H groups in total. The average molecular weight is 257 g/mol. The van der Waals surface area contributed by atoms with Crippen molar-refractivity contribution in [1.29, 1.82) is 0 Å². The van der Waals surface area contributed by atoms with Gasteiger partial charge in [0.1, 0.15) is 0 Å². The van der Waals surface area contributed by atoms with Gasteiger partial charge in [-0.25, -0.2) is 0 Å². The fourth-order valence-corrected chi connectivity index (χ4v) is 1.13. The molecule has 0 atom stereocenters. The van der Waals surface area contributed by atoms with Crippen molar-refractivity contribution in [3.8, 4) is 0 Å². The highest BCUT2D eigenvalue weighted by atomic mass is 32.1. The van der Waals surface area contributed by atoms with E-state index in [4.69, 9.17) is 22.7 Å². The van der Waals surface area contributed by atoms with Crippen LogP contribution in [-0.4, -0.2) is 24.4 Å². The molecule has 2 nitrogen and oxygen atoms in total. The van der Waals surface area contributed by atoms with Crippen LogP contribution in [-0.2, 0) is 4.74 Å². The second-order valence-corrected chi connectivity index (χ2v) is 4.77. The van der Waals surface area contributed by atoms with Gasteiger partial charge in [0, 0.05) is 12.0 Å². The molecule has 0 amide bonds. The maximum absolute atomic E-state index is 11.7. The quantitative estimate of drug-likeness (QED) is 0.562. The number of ether oxygens (including phenoxy) is 1. The number of nitrogens with two attached hydrogens (primary N) is 1. The van der Waals surface area contributed by atoms with Gasteiger partial charge in [0.15, 0.2) is 0 Å². The van der Waals surface area contributed by atoms with Crippen molar-refractivity contribution in [3.05, 3.63) is 0 Å². The Kier molecular flexibility index (Phi) is 6.25. The normalized spacial score (nSPS) is 12.8. The minimum Gasteiger partial charge on any atom is -0.393 e. The molecule has 0 rings (SSSR count). The molecule has 0 heterocycles. The molecule has 0 unspecified atom stereocenters. The van der Waals surface area contributed by atoms with Gasteiger partial charge in [0.05, 0.1) is 18.0 Å². The fraction of sp³-hybridized carbons (Fsp3) is 0.900. The number of halogens is 3. The van der Waals surface area contributed by atoms with Crippen LogP contribution in [0.1, 0.15) is 33.1 Å². The highest BCUT2D eigenvalue weighted by Crippen LogP contribution is 2.23. The minimum absolute atomic E-state index is 0.261. The molecule has 96 valence electrons. The summed E-state index contributed by atoms with van der Waals surface area (Å²) in [6.07, 6.45) is -3.67. The molecule has 0 saturated heterocycles. The van der Waals surface area contributed by atoms with Crippen molar-refractivity contribution in [2.24, 2.45) is 11.1 Å². The van der Waals surface area contributed by atoms with Gasteiger partial charge in [-0.05, 0) is 12.8 Å². The van der Waals surface area contributed by atoms with Crippen LogP contribution in [0, 0.1) is 5.41 Å². The average Bonchev–Trinajstić information content (AvgIpc) is 2.09. The van der Waals surface area contributed by atoms with E-state index in [1.807, 2.05) is 13.8 Å². The molecule has 0 aromatic rings. The van der Waals surface area contributed by atoms with Gasteiger partial charge in [-0.3, -0.25) is 0 Å². The van der Waals surface area contributed by atoms with Gasteiger partial charge in [0.25, 0.3) is 0 Å². The van der Waals surface area contributed by atoms with Gasteiger partial charge in [-0.2, -0.15) is 13.2 Å². The van der Waals surface area contributed by atoms with E-state index in [1.165, 1.54) is 0 Å². The smallest absolute Gasteiger partial charge is 0.391 e. The zero-order chi connectivity index (χ0) is 12.8. The predicted octanol–water partition coefficient (Wildman–Crippen LogP) is 3.05. The Morgan fingerprint density at radius 3 is 2.19 bits per heavy atom. The molecular formula is C10H18F3NOS. The van der Waals surface area contributed by atoms with Gasteiger partial charge in [-0.1, -0.05) is 26.1 Å². The van der Waals surface area contributed by atoms with Gasteiger partial charge >= 0.3 is 6.18 Å².